The highest BCUT2D eigenvalue weighted by Crippen LogP contribution is 2.20. The minimum atomic E-state index is -0.212. The quantitative estimate of drug-likeness (QED) is 0.850. The minimum Gasteiger partial charge on any atom is -0.381 e. The maximum Gasteiger partial charge on any atom is 0.123 e. The number of aryl methyl sites for hydroxylation is 1. The summed E-state index contributed by atoms with van der Waals surface area (Å²) in [5.41, 5.74) is 3.18. The smallest absolute Gasteiger partial charge is 0.123 e. The number of rotatable bonds is 3. The molecule has 0 saturated carbocycles. The van der Waals surface area contributed by atoms with Gasteiger partial charge in [-0.25, -0.2) is 4.39 Å². The summed E-state index contributed by atoms with van der Waals surface area (Å²) in [5, 5.41) is 4.03. The van der Waals surface area contributed by atoms with E-state index in [4.69, 9.17) is 11.6 Å². The van der Waals surface area contributed by atoms with Gasteiger partial charge in [0.15, 0.2) is 0 Å². The van der Waals surface area contributed by atoms with E-state index in [2.05, 4.69) is 5.32 Å². The lowest BCUT2D eigenvalue weighted by molar-refractivity contribution is 0.627. The van der Waals surface area contributed by atoms with Crippen molar-refractivity contribution in [3.8, 4) is 0 Å². The highest BCUT2D eigenvalue weighted by Gasteiger charge is 1.99. The number of halogens is 2. The summed E-state index contributed by atoms with van der Waals surface area (Å²) in [6.45, 7) is 2.67. The molecular weight excluding hydrogens is 237 g/mol. The lowest BCUT2D eigenvalue weighted by Crippen LogP contribution is -2.00. The van der Waals surface area contributed by atoms with Crippen molar-refractivity contribution in [2.24, 2.45) is 0 Å². The van der Waals surface area contributed by atoms with Gasteiger partial charge < -0.3 is 5.32 Å². The Kier molecular flexibility index (Phi) is 3.64. The van der Waals surface area contributed by atoms with E-state index in [1.807, 2.05) is 25.1 Å². The molecule has 0 aliphatic carbocycles. The van der Waals surface area contributed by atoms with Crippen LogP contribution in [0.3, 0.4) is 0 Å². The largest absolute Gasteiger partial charge is 0.381 e. The van der Waals surface area contributed by atoms with Gasteiger partial charge in [0, 0.05) is 17.3 Å². The third-order valence-electron chi connectivity index (χ3n) is 2.58. The third kappa shape index (κ3) is 3.21. The summed E-state index contributed by atoms with van der Waals surface area (Å²) >= 11 is 5.88. The molecule has 0 atom stereocenters. The van der Waals surface area contributed by atoms with E-state index in [-0.39, 0.29) is 5.82 Å². The second-order valence-electron chi connectivity index (χ2n) is 3.94. The predicted molar refractivity (Wildman–Crippen MR) is 69.9 cm³/mol. The van der Waals surface area contributed by atoms with Crippen molar-refractivity contribution in [1.29, 1.82) is 0 Å². The first kappa shape index (κ1) is 11.9. The molecule has 2 rings (SSSR count). The van der Waals surface area contributed by atoms with Crippen LogP contribution in [0.1, 0.15) is 11.1 Å². The molecule has 88 valence electrons. The average molecular weight is 250 g/mol. The van der Waals surface area contributed by atoms with Crippen LogP contribution in [-0.4, -0.2) is 0 Å². The zero-order valence-corrected chi connectivity index (χ0v) is 10.3. The summed E-state index contributed by atoms with van der Waals surface area (Å²) < 4.78 is 12.7. The Bertz CT molecular complexity index is 508. The van der Waals surface area contributed by atoms with Crippen LogP contribution in [0.2, 0.25) is 5.02 Å². The van der Waals surface area contributed by atoms with Gasteiger partial charge in [0.1, 0.15) is 5.82 Å². The molecule has 0 fully saturated rings. The number of anilines is 1. The fourth-order valence-corrected chi connectivity index (χ4v) is 1.85. The maximum absolute atomic E-state index is 12.7. The maximum atomic E-state index is 12.7. The van der Waals surface area contributed by atoms with Gasteiger partial charge in [-0.2, -0.15) is 0 Å². The van der Waals surface area contributed by atoms with Crippen LogP contribution >= 0.6 is 11.6 Å². The van der Waals surface area contributed by atoms with Gasteiger partial charge >= 0.3 is 0 Å². The highest BCUT2D eigenvalue weighted by molar-refractivity contribution is 6.30. The van der Waals surface area contributed by atoms with Crippen LogP contribution in [0.4, 0.5) is 10.1 Å². The van der Waals surface area contributed by atoms with Gasteiger partial charge in [0.05, 0.1) is 0 Å². The Morgan fingerprint density at radius 2 is 1.82 bits per heavy atom. The van der Waals surface area contributed by atoms with Gasteiger partial charge in [-0.1, -0.05) is 23.7 Å². The van der Waals surface area contributed by atoms with Crippen LogP contribution in [0.5, 0.6) is 0 Å². The lowest BCUT2D eigenvalue weighted by atomic mass is 10.2. The van der Waals surface area contributed by atoms with E-state index >= 15 is 0 Å². The first-order valence-corrected chi connectivity index (χ1v) is 5.77. The van der Waals surface area contributed by atoms with Gasteiger partial charge in [-0.05, 0) is 48.4 Å². The van der Waals surface area contributed by atoms with Crippen molar-refractivity contribution < 1.29 is 4.39 Å². The van der Waals surface area contributed by atoms with E-state index in [0.29, 0.717) is 6.54 Å². The van der Waals surface area contributed by atoms with Crippen molar-refractivity contribution in [2.45, 2.75) is 13.5 Å². The van der Waals surface area contributed by atoms with Gasteiger partial charge in [-0.3, -0.25) is 0 Å². The summed E-state index contributed by atoms with van der Waals surface area (Å²) in [6.07, 6.45) is 0. The molecule has 1 N–H and O–H groups in total. The number of hydrogen-bond acceptors (Lipinski definition) is 1. The third-order valence-corrected chi connectivity index (χ3v) is 2.82. The lowest BCUT2D eigenvalue weighted by Gasteiger charge is -2.09. The van der Waals surface area contributed by atoms with Crippen LogP contribution in [0, 0.1) is 12.7 Å². The first-order chi connectivity index (χ1) is 8.15. The number of hydrogen-bond donors (Lipinski definition) is 1. The summed E-state index contributed by atoms with van der Waals surface area (Å²) in [5.74, 6) is -0.212. The molecule has 17 heavy (non-hydrogen) atoms. The number of nitrogens with one attached hydrogen (secondary N) is 1. The second kappa shape index (κ2) is 5.19. The Balaban J connectivity index is 2.04. The molecule has 0 aromatic heterocycles. The molecule has 2 aromatic carbocycles. The van der Waals surface area contributed by atoms with E-state index in [0.717, 1.165) is 21.8 Å². The van der Waals surface area contributed by atoms with E-state index in [9.17, 15) is 4.39 Å². The molecule has 0 heterocycles. The van der Waals surface area contributed by atoms with Crippen molar-refractivity contribution >= 4 is 17.3 Å². The van der Waals surface area contributed by atoms with Crippen LogP contribution in [0.25, 0.3) is 0 Å². The van der Waals surface area contributed by atoms with Crippen LogP contribution in [-0.2, 0) is 6.54 Å². The Hall–Kier alpha value is -1.54. The van der Waals surface area contributed by atoms with Gasteiger partial charge in [0.25, 0.3) is 0 Å². The molecule has 0 amide bonds. The van der Waals surface area contributed by atoms with E-state index < -0.39 is 0 Å². The molecule has 1 nitrogen and oxygen atoms in total. The van der Waals surface area contributed by atoms with Crippen LogP contribution < -0.4 is 5.32 Å². The fraction of sp³-hybridized carbons (Fsp3) is 0.143. The normalized spacial score (nSPS) is 10.3. The van der Waals surface area contributed by atoms with Crippen molar-refractivity contribution in [1.82, 2.24) is 0 Å². The van der Waals surface area contributed by atoms with E-state index in [1.54, 1.807) is 12.1 Å². The molecule has 0 aliphatic heterocycles. The fourth-order valence-electron chi connectivity index (χ4n) is 1.62. The van der Waals surface area contributed by atoms with Gasteiger partial charge in [0.2, 0.25) is 0 Å². The second-order valence-corrected chi connectivity index (χ2v) is 4.38. The molecule has 0 aliphatic rings. The zero-order chi connectivity index (χ0) is 12.3. The standard InChI is InChI=1S/C14H13ClFN/c1-10-8-12(15)4-7-14(10)17-9-11-2-5-13(16)6-3-11/h2-8,17H,9H2,1H3. The minimum absolute atomic E-state index is 0.212. The highest BCUT2D eigenvalue weighted by atomic mass is 35.5. The van der Waals surface area contributed by atoms with Gasteiger partial charge in [-0.15, -0.1) is 0 Å². The molecule has 0 bridgehead atoms. The molecule has 0 spiro atoms. The molecule has 2 aromatic rings. The molecular formula is C14H13ClFN. The molecule has 0 radical (unpaired) electrons. The Labute approximate surface area is 105 Å². The summed E-state index contributed by atoms with van der Waals surface area (Å²) in [4.78, 5) is 0. The summed E-state index contributed by atoms with van der Waals surface area (Å²) in [7, 11) is 0. The SMILES string of the molecule is Cc1cc(Cl)ccc1NCc1ccc(F)cc1. The molecule has 0 saturated heterocycles. The first-order valence-electron chi connectivity index (χ1n) is 5.39. The summed E-state index contributed by atoms with van der Waals surface area (Å²) in [6, 6.07) is 12.2. The van der Waals surface area contributed by atoms with E-state index in [1.165, 1.54) is 12.1 Å². The van der Waals surface area contributed by atoms with Crippen molar-refractivity contribution in [3.05, 3.63) is 64.4 Å². The zero-order valence-electron chi connectivity index (χ0n) is 9.50. The van der Waals surface area contributed by atoms with Crippen LogP contribution in [0.15, 0.2) is 42.5 Å². The monoisotopic (exact) mass is 249 g/mol. The Morgan fingerprint density at radius 1 is 1.12 bits per heavy atom. The molecule has 3 heteroatoms. The molecule has 0 unspecified atom stereocenters. The Morgan fingerprint density at radius 3 is 2.47 bits per heavy atom. The number of benzene rings is 2. The van der Waals surface area contributed by atoms with Crippen molar-refractivity contribution in [3.63, 3.8) is 0 Å². The average Bonchev–Trinajstić information content (AvgIpc) is 2.30. The predicted octanol–water partition coefficient (Wildman–Crippen LogP) is 4.40. The van der Waals surface area contributed by atoms with Crippen molar-refractivity contribution in [2.75, 3.05) is 5.32 Å². The topological polar surface area (TPSA) is 12.0 Å².